The first kappa shape index (κ1) is 14.0. The highest BCUT2D eigenvalue weighted by Crippen LogP contribution is 2.27. The van der Waals surface area contributed by atoms with Gasteiger partial charge in [0.05, 0.1) is 4.47 Å². The van der Waals surface area contributed by atoms with Crippen molar-refractivity contribution >= 4 is 21.9 Å². The van der Waals surface area contributed by atoms with Crippen molar-refractivity contribution in [1.29, 1.82) is 0 Å². The number of nitrogens with two attached hydrogens (primary N) is 1. The quantitative estimate of drug-likeness (QED) is 0.845. The summed E-state index contributed by atoms with van der Waals surface area (Å²) in [6.07, 6.45) is 0.396. The second kappa shape index (κ2) is 6.61. The molecule has 1 rings (SSSR count). The molecule has 1 atom stereocenters. The summed E-state index contributed by atoms with van der Waals surface area (Å²) in [6.45, 7) is 2.36. The lowest BCUT2D eigenvalue weighted by atomic mass is 10.1. The van der Waals surface area contributed by atoms with E-state index in [2.05, 4.69) is 15.9 Å². The van der Waals surface area contributed by atoms with Crippen molar-refractivity contribution in [2.24, 2.45) is 5.73 Å². The van der Waals surface area contributed by atoms with Gasteiger partial charge in [-0.1, -0.05) is 13.0 Å². The minimum absolute atomic E-state index is 0.423. The molecule has 4 nitrogen and oxygen atoms in total. The molecule has 0 saturated carbocycles. The summed E-state index contributed by atoms with van der Waals surface area (Å²) in [6, 6.07) is 5.55. The van der Waals surface area contributed by atoms with Crippen LogP contribution < -0.4 is 10.5 Å². The van der Waals surface area contributed by atoms with Gasteiger partial charge in [0.2, 0.25) is 0 Å². The third-order valence-corrected chi connectivity index (χ3v) is 2.96. The maximum Gasteiger partial charge on any atom is 0.344 e. The zero-order chi connectivity index (χ0) is 12.8. The number of hydrogen-bond donors (Lipinski definition) is 2. The molecule has 0 aromatic heterocycles. The SMILES string of the molecule is CCC(Oc1ccc(CCN)cc1Br)C(=O)O. The fraction of sp³-hybridized carbons (Fsp3) is 0.417. The number of hydrogen-bond acceptors (Lipinski definition) is 3. The van der Waals surface area contributed by atoms with Crippen molar-refractivity contribution in [1.82, 2.24) is 0 Å². The van der Waals surface area contributed by atoms with E-state index in [0.717, 1.165) is 16.5 Å². The molecule has 0 bridgehead atoms. The second-order valence-electron chi connectivity index (χ2n) is 3.66. The molecule has 1 unspecified atom stereocenters. The summed E-state index contributed by atoms with van der Waals surface area (Å²) >= 11 is 3.37. The Labute approximate surface area is 109 Å². The Bertz CT molecular complexity index is 395. The molecular formula is C12H16BrNO3. The smallest absolute Gasteiger partial charge is 0.344 e. The van der Waals surface area contributed by atoms with Gasteiger partial charge in [-0.25, -0.2) is 4.79 Å². The lowest BCUT2D eigenvalue weighted by Gasteiger charge is -2.15. The van der Waals surface area contributed by atoms with E-state index in [1.807, 2.05) is 12.1 Å². The van der Waals surface area contributed by atoms with Crippen LogP contribution in [0.1, 0.15) is 18.9 Å². The summed E-state index contributed by atoms with van der Waals surface area (Å²) in [5.41, 5.74) is 6.56. The molecule has 0 radical (unpaired) electrons. The van der Waals surface area contributed by atoms with Crippen molar-refractivity contribution in [2.75, 3.05) is 6.54 Å². The summed E-state index contributed by atoms with van der Waals surface area (Å²) in [7, 11) is 0. The van der Waals surface area contributed by atoms with Crippen molar-refractivity contribution in [3.63, 3.8) is 0 Å². The molecule has 1 aromatic carbocycles. The van der Waals surface area contributed by atoms with Gasteiger partial charge in [0.25, 0.3) is 0 Å². The molecule has 0 spiro atoms. The van der Waals surface area contributed by atoms with Crippen LogP contribution in [0.15, 0.2) is 22.7 Å². The van der Waals surface area contributed by atoms with Crippen molar-refractivity contribution < 1.29 is 14.6 Å². The number of carbonyl (C=O) groups is 1. The predicted octanol–water partition coefficient (Wildman–Crippen LogP) is 2.19. The number of halogens is 1. The lowest BCUT2D eigenvalue weighted by molar-refractivity contribution is -0.145. The monoisotopic (exact) mass is 301 g/mol. The molecule has 0 aliphatic carbocycles. The maximum absolute atomic E-state index is 10.9. The normalized spacial score (nSPS) is 12.2. The second-order valence-corrected chi connectivity index (χ2v) is 4.51. The Hall–Kier alpha value is -1.07. The van der Waals surface area contributed by atoms with E-state index >= 15 is 0 Å². The lowest BCUT2D eigenvalue weighted by Crippen LogP contribution is -2.26. The third kappa shape index (κ3) is 4.02. The standard InChI is InChI=1S/C12H16BrNO3/c1-2-10(12(15)16)17-11-4-3-8(5-6-14)7-9(11)13/h3-4,7,10H,2,5-6,14H2,1H3,(H,15,16). The average Bonchev–Trinajstić information content (AvgIpc) is 2.28. The van der Waals surface area contributed by atoms with E-state index in [4.69, 9.17) is 15.6 Å². The Morgan fingerprint density at radius 2 is 2.29 bits per heavy atom. The highest BCUT2D eigenvalue weighted by atomic mass is 79.9. The molecule has 17 heavy (non-hydrogen) atoms. The van der Waals surface area contributed by atoms with Crippen LogP contribution in [-0.2, 0) is 11.2 Å². The number of carboxylic acid groups (broad SMARTS) is 1. The van der Waals surface area contributed by atoms with Gasteiger partial charge >= 0.3 is 5.97 Å². The van der Waals surface area contributed by atoms with E-state index in [9.17, 15) is 4.79 Å². The first-order valence-electron chi connectivity index (χ1n) is 5.46. The van der Waals surface area contributed by atoms with E-state index in [0.29, 0.717) is 18.7 Å². The Morgan fingerprint density at radius 1 is 1.59 bits per heavy atom. The zero-order valence-electron chi connectivity index (χ0n) is 9.65. The largest absolute Gasteiger partial charge is 0.479 e. The molecule has 0 aliphatic heterocycles. The molecule has 1 aromatic rings. The molecule has 0 saturated heterocycles. The summed E-state index contributed by atoms with van der Waals surface area (Å²) in [5, 5.41) is 8.91. The van der Waals surface area contributed by atoms with Gasteiger partial charge in [-0.2, -0.15) is 0 Å². The number of ether oxygens (including phenoxy) is 1. The van der Waals surface area contributed by atoms with Gasteiger partial charge in [-0.3, -0.25) is 0 Å². The highest BCUT2D eigenvalue weighted by Gasteiger charge is 2.17. The van der Waals surface area contributed by atoms with Crippen LogP contribution in [0.3, 0.4) is 0 Å². The topological polar surface area (TPSA) is 72.5 Å². The van der Waals surface area contributed by atoms with Gasteiger partial charge in [-0.15, -0.1) is 0 Å². The summed E-state index contributed by atoms with van der Waals surface area (Å²) < 4.78 is 6.16. The Kier molecular flexibility index (Phi) is 5.44. The molecule has 5 heteroatoms. The fourth-order valence-electron chi connectivity index (χ4n) is 1.42. The van der Waals surface area contributed by atoms with Gasteiger partial charge < -0.3 is 15.6 Å². The fourth-order valence-corrected chi connectivity index (χ4v) is 1.94. The van der Waals surface area contributed by atoms with E-state index < -0.39 is 12.1 Å². The maximum atomic E-state index is 10.9. The Morgan fingerprint density at radius 3 is 2.76 bits per heavy atom. The van der Waals surface area contributed by atoms with Crippen molar-refractivity contribution in [3.05, 3.63) is 28.2 Å². The highest BCUT2D eigenvalue weighted by molar-refractivity contribution is 9.10. The first-order chi connectivity index (χ1) is 8.08. The zero-order valence-corrected chi connectivity index (χ0v) is 11.2. The Balaban J connectivity index is 2.81. The van der Waals surface area contributed by atoms with Crippen LogP contribution in [0, 0.1) is 0 Å². The van der Waals surface area contributed by atoms with Crippen LogP contribution in [-0.4, -0.2) is 23.7 Å². The molecular weight excluding hydrogens is 286 g/mol. The van der Waals surface area contributed by atoms with Crippen molar-refractivity contribution in [3.8, 4) is 5.75 Å². The minimum Gasteiger partial charge on any atom is -0.479 e. The van der Waals surface area contributed by atoms with Crippen LogP contribution in [0.25, 0.3) is 0 Å². The number of rotatable bonds is 6. The van der Waals surface area contributed by atoms with Crippen LogP contribution in [0.2, 0.25) is 0 Å². The van der Waals surface area contributed by atoms with Gasteiger partial charge in [0, 0.05) is 0 Å². The predicted molar refractivity (Wildman–Crippen MR) is 69.2 cm³/mol. The molecule has 0 amide bonds. The van der Waals surface area contributed by atoms with E-state index in [1.165, 1.54) is 0 Å². The molecule has 0 fully saturated rings. The van der Waals surface area contributed by atoms with Crippen LogP contribution in [0.5, 0.6) is 5.75 Å². The van der Waals surface area contributed by atoms with Gasteiger partial charge in [0.15, 0.2) is 6.10 Å². The van der Waals surface area contributed by atoms with Crippen LogP contribution >= 0.6 is 15.9 Å². The van der Waals surface area contributed by atoms with Crippen molar-refractivity contribution in [2.45, 2.75) is 25.9 Å². The molecule has 0 heterocycles. The number of benzene rings is 1. The molecule has 3 N–H and O–H groups in total. The molecule has 94 valence electrons. The summed E-state index contributed by atoms with van der Waals surface area (Å²) in [5.74, 6) is -0.412. The van der Waals surface area contributed by atoms with Gasteiger partial charge in [0.1, 0.15) is 5.75 Å². The third-order valence-electron chi connectivity index (χ3n) is 2.34. The van der Waals surface area contributed by atoms with E-state index in [1.54, 1.807) is 13.0 Å². The summed E-state index contributed by atoms with van der Waals surface area (Å²) in [4.78, 5) is 10.9. The van der Waals surface area contributed by atoms with Crippen LogP contribution in [0.4, 0.5) is 0 Å². The van der Waals surface area contributed by atoms with E-state index in [-0.39, 0.29) is 0 Å². The number of carboxylic acids is 1. The first-order valence-corrected chi connectivity index (χ1v) is 6.25. The molecule has 0 aliphatic rings. The average molecular weight is 302 g/mol. The minimum atomic E-state index is -0.953. The van der Waals surface area contributed by atoms with Gasteiger partial charge in [-0.05, 0) is 53.0 Å². The number of aliphatic carboxylic acids is 1.